The predicted octanol–water partition coefficient (Wildman–Crippen LogP) is 1.58. The molecule has 0 atom stereocenters. The first kappa shape index (κ1) is 10.8. The number of carbonyl (C=O) groups excluding carboxylic acids is 1. The topological polar surface area (TPSA) is 34.9 Å². The highest BCUT2D eigenvalue weighted by Gasteiger charge is 2.07. The van der Waals surface area contributed by atoms with Crippen LogP contribution in [-0.2, 0) is 7.05 Å². The van der Waals surface area contributed by atoms with E-state index < -0.39 is 0 Å². The van der Waals surface area contributed by atoms with Gasteiger partial charge in [-0.2, -0.15) is 0 Å². The first-order chi connectivity index (χ1) is 4.75. The normalized spacial score (nSPS) is 8.91. The molecule has 1 aromatic rings. The summed E-state index contributed by atoms with van der Waals surface area (Å²) in [5.74, 6) is 0.504. The Labute approximate surface area is 83.7 Å². The second-order valence-corrected chi connectivity index (χ2v) is 2.48. The lowest BCUT2D eigenvalue weighted by Gasteiger charge is -1.94. The highest BCUT2D eigenvalue weighted by atomic mass is 79.9. The maximum atomic E-state index is 11.0. The minimum atomic E-state index is 0. The van der Waals surface area contributed by atoms with Gasteiger partial charge in [0, 0.05) is 19.4 Å². The highest BCUT2D eigenvalue weighted by molar-refractivity contribution is 9.09. The van der Waals surface area contributed by atoms with Crippen LogP contribution < -0.4 is 0 Å². The fourth-order valence-electron chi connectivity index (χ4n) is 0.694. The third-order valence-corrected chi connectivity index (χ3v) is 1.70. The molecule has 0 spiro atoms. The Bertz CT molecular complexity index is 246. The molecule has 0 amide bonds. The average Bonchev–Trinajstić information content (AvgIpc) is 2.34. The standard InChI is InChI=1S/C6H7BrN2O.BrH/c1-9-3-2-8-6(9)5(10)4-7;/h2-3H,4H2,1H3;1H. The van der Waals surface area contributed by atoms with E-state index in [1.807, 2.05) is 0 Å². The van der Waals surface area contributed by atoms with Crippen molar-refractivity contribution in [3.05, 3.63) is 18.2 Å². The van der Waals surface area contributed by atoms with Crippen molar-refractivity contribution in [2.75, 3.05) is 5.33 Å². The van der Waals surface area contributed by atoms with Crippen LogP contribution >= 0.6 is 32.9 Å². The number of hydrogen-bond donors (Lipinski definition) is 0. The molecule has 0 saturated carbocycles. The highest BCUT2D eigenvalue weighted by Crippen LogP contribution is 1.97. The van der Waals surface area contributed by atoms with Crippen molar-refractivity contribution >= 4 is 38.7 Å². The molecule has 0 aliphatic carbocycles. The fourth-order valence-corrected chi connectivity index (χ4v) is 0.945. The van der Waals surface area contributed by atoms with Crippen LogP contribution in [0, 0.1) is 0 Å². The molecule has 1 rings (SSSR count). The molecule has 0 N–H and O–H groups in total. The molecule has 0 aliphatic rings. The lowest BCUT2D eigenvalue weighted by Crippen LogP contribution is -2.07. The number of imidazole rings is 1. The molecule has 1 heterocycles. The molecule has 3 nitrogen and oxygen atoms in total. The quantitative estimate of drug-likeness (QED) is 0.610. The Morgan fingerprint density at radius 1 is 1.82 bits per heavy atom. The molecule has 0 saturated heterocycles. The monoisotopic (exact) mass is 282 g/mol. The van der Waals surface area contributed by atoms with Crippen molar-refractivity contribution < 1.29 is 4.79 Å². The third-order valence-electron chi connectivity index (χ3n) is 1.19. The number of Topliss-reactive ketones (excluding diaryl/α,β-unsaturated/α-hetero) is 1. The van der Waals surface area contributed by atoms with Gasteiger partial charge in [-0.05, 0) is 0 Å². The summed E-state index contributed by atoms with van der Waals surface area (Å²) in [7, 11) is 1.79. The van der Waals surface area contributed by atoms with Gasteiger partial charge in [0.1, 0.15) is 0 Å². The SMILES string of the molecule is Br.Cn1ccnc1C(=O)CBr. The van der Waals surface area contributed by atoms with Crippen LogP contribution in [0.4, 0.5) is 0 Å². The summed E-state index contributed by atoms with van der Waals surface area (Å²) in [5, 5.41) is 0.331. The second-order valence-electron chi connectivity index (χ2n) is 1.92. The van der Waals surface area contributed by atoms with Gasteiger partial charge in [-0.15, -0.1) is 17.0 Å². The molecule has 0 bridgehead atoms. The number of ketones is 1. The summed E-state index contributed by atoms with van der Waals surface area (Å²) in [4.78, 5) is 14.8. The van der Waals surface area contributed by atoms with E-state index in [0.717, 1.165) is 0 Å². The molecular weight excluding hydrogens is 276 g/mol. The molecular formula is C6H8Br2N2O. The minimum Gasteiger partial charge on any atom is -0.332 e. The summed E-state index contributed by atoms with van der Waals surface area (Å²) >= 11 is 3.07. The van der Waals surface area contributed by atoms with Crippen LogP contribution in [0.25, 0.3) is 0 Å². The molecule has 1 aromatic heterocycles. The van der Waals surface area contributed by atoms with E-state index in [-0.39, 0.29) is 22.8 Å². The van der Waals surface area contributed by atoms with Gasteiger partial charge < -0.3 is 4.57 Å². The van der Waals surface area contributed by atoms with Crippen molar-refractivity contribution in [3.63, 3.8) is 0 Å². The molecule has 0 aliphatic heterocycles. The van der Waals surface area contributed by atoms with E-state index in [9.17, 15) is 4.79 Å². The lowest BCUT2D eigenvalue weighted by atomic mass is 10.4. The van der Waals surface area contributed by atoms with Crippen molar-refractivity contribution in [1.82, 2.24) is 9.55 Å². The van der Waals surface area contributed by atoms with Crippen LogP contribution in [0.15, 0.2) is 12.4 Å². The average molecular weight is 284 g/mol. The van der Waals surface area contributed by atoms with Gasteiger partial charge >= 0.3 is 0 Å². The van der Waals surface area contributed by atoms with Crippen LogP contribution in [0.5, 0.6) is 0 Å². The van der Waals surface area contributed by atoms with Crippen LogP contribution in [0.2, 0.25) is 0 Å². The lowest BCUT2D eigenvalue weighted by molar-refractivity contribution is 0.101. The van der Waals surface area contributed by atoms with Gasteiger partial charge in [-0.1, -0.05) is 15.9 Å². The van der Waals surface area contributed by atoms with Gasteiger partial charge in [-0.25, -0.2) is 4.98 Å². The van der Waals surface area contributed by atoms with Gasteiger partial charge in [0.2, 0.25) is 5.78 Å². The number of halogens is 2. The number of carbonyl (C=O) groups is 1. The number of hydrogen-bond acceptors (Lipinski definition) is 2. The number of rotatable bonds is 2. The minimum absolute atomic E-state index is 0. The fraction of sp³-hybridized carbons (Fsp3) is 0.333. The van der Waals surface area contributed by atoms with Crippen LogP contribution in [0.3, 0.4) is 0 Å². The van der Waals surface area contributed by atoms with E-state index in [1.54, 1.807) is 24.0 Å². The van der Waals surface area contributed by atoms with Crippen molar-refractivity contribution in [2.24, 2.45) is 7.05 Å². The Morgan fingerprint density at radius 2 is 2.45 bits per heavy atom. The Balaban J connectivity index is 0.000001000. The molecule has 5 heteroatoms. The van der Waals surface area contributed by atoms with E-state index in [0.29, 0.717) is 11.2 Å². The summed E-state index contributed by atoms with van der Waals surface area (Å²) in [6.07, 6.45) is 3.35. The molecule has 62 valence electrons. The Morgan fingerprint density at radius 3 is 2.82 bits per heavy atom. The molecule has 0 fully saturated rings. The van der Waals surface area contributed by atoms with E-state index in [4.69, 9.17) is 0 Å². The summed E-state index contributed by atoms with van der Waals surface area (Å²) in [5.41, 5.74) is 0. The van der Waals surface area contributed by atoms with E-state index >= 15 is 0 Å². The largest absolute Gasteiger partial charge is 0.332 e. The van der Waals surface area contributed by atoms with E-state index in [2.05, 4.69) is 20.9 Å². The molecule has 0 radical (unpaired) electrons. The predicted molar refractivity (Wildman–Crippen MR) is 51.7 cm³/mol. The van der Waals surface area contributed by atoms with Gasteiger partial charge in [-0.3, -0.25) is 4.79 Å². The first-order valence-corrected chi connectivity index (χ1v) is 3.94. The van der Waals surface area contributed by atoms with Crippen LogP contribution in [-0.4, -0.2) is 20.7 Å². The maximum Gasteiger partial charge on any atom is 0.208 e. The number of alkyl halides is 1. The Hall–Kier alpha value is -0.160. The zero-order chi connectivity index (χ0) is 7.56. The zero-order valence-corrected chi connectivity index (χ0v) is 9.25. The summed E-state index contributed by atoms with van der Waals surface area (Å²) in [6, 6.07) is 0. The number of aromatic nitrogens is 2. The Kier molecular flexibility index (Phi) is 4.60. The van der Waals surface area contributed by atoms with Gasteiger partial charge in [0.05, 0.1) is 5.33 Å². The zero-order valence-electron chi connectivity index (χ0n) is 5.95. The second kappa shape index (κ2) is 4.66. The smallest absolute Gasteiger partial charge is 0.208 e. The van der Waals surface area contributed by atoms with Gasteiger partial charge in [0.25, 0.3) is 0 Å². The first-order valence-electron chi connectivity index (χ1n) is 2.82. The number of nitrogens with zero attached hydrogens (tertiary/aromatic N) is 2. The maximum absolute atomic E-state index is 11.0. The van der Waals surface area contributed by atoms with Gasteiger partial charge in [0.15, 0.2) is 5.82 Å². The molecule has 0 unspecified atom stereocenters. The van der Waals surface area contributed by atoms with Crippen molar-refractivity contribution in [1.29, 1.82) is 0 Å². The summed E-state index contributed by atoms with van der Waals surface area (Å²) < 4.78 is 1.70. The van der Waals surface area contributed by atoms with Crippen molar-refractivity contribution in [3.8, 4) is 0 Å². The van der Waals surface area contributed by atoms with Crippen molar-refractivity contribution in [2.45, 2.75) is 0 Å². The third kappa shape index (κ3) is 2.41. The summed E-state index contributed by atoms with van der Waals surface area (Å²) in [6.45, 7) is 0. The molecule has 11 heavy (non-hydrogen) atoms. The number of aryl methyl sites for hydroxylation is 1. The molecule has 0 aromatic carbocycles. The van der Waals surface area contributed by atoms with E-state index in [1.165, 1.54) is 0 Å². The van der Waals surface area contributed by atoms with Crippen LogP contribution in [0.1, 0.15) is 10.6 Å².